The smallest absolute Gasteiger partial charge is 0.241 e. The quantitative estimate of drug-likeness (QED) is 0.678. The molecule has 1 atom stereocenters. The van der Waals surface area contributed by atoms with E-state index >= 15 is 0 Å². The number of fused-ring (bicyclic) bond motifs is 1. The highest BCUT2D eigenvalue weighted by molar-refractivity contribution is 7.89. The number of aryl methyl sites for hydroxylation is 1. The summed E-state index contributed by atoms with van der Waals surface area (Å²) < 4.78 is 30.3. The van der Waals surface area contributed by atoms with Crippen LogP contribution in [0.2, 0.25) is 0 Å². The predicted octanol–water partition coefficient (Wildman–Crippen LogP) is 2.61. The van der Waals surface area contributed by atoms with Crippen molar-refractivity contribution >= 4 is 21.6 Å². The molecular weight excluding hydrogens is 402 g/mol. The molecule has 0 aliphatic carbocycles. The van der Waals surface area contributed by atoms with Crippen LogP contribution in [0.4, 0.5) is 5.69 Å². The average molecular weight is 426 g/mol. The average Bonchev–Trinajstić information content (AvgIpc) is 3.27. The van der Waals surface area contributed by atoms with E-state index in [4.69, 9.17) is 0 Å². The van der Waals surface area contributed by atoms with Crippen molar-refractivity contribution in [1.82, 2.24) is 19.5 Å². The van der Waals surface area contributed by atoms with Crippen molar-refractivity contribution < 1.29 is 13.2 Å². The highest BCUT2D eigenvalue weighted by atomic mass is 32.2. The minimum absolute atomic E-state index is 0.0346. The van der Waals surface area contributed by atoms with Crippen molar-refractivity contribution in [3.8, 4) is 5.69 Å². The molecule has 8 nitrogen and oxygen atoms in total. The zero-order valence-corrected chi connectivity index (χ0v) is 17.6. The van der Waals surface area contributed by atoms with Gasteiger partial charge in [0.1, 0.15) is 12.7 Å². The van der Waals surface area contributed by atoms with E-state index in [1.165, 1.54) is 13.3 Å². The van der Waals surface area contributed by atoms with Gasteiger partial charge in [-0.05, 0) is 61.2 Å². The number of rotatable bonds is 5. The van der Waals surface area contributed by atoms with Crippen molar-refractivity contribution in [2.45, 2.75) is 37.6 Å². The lowest BCUT2D eigenvalue weighted by Crippen LogP contribution is -2.34. The van der Waals surface area contributed by atoms with E-state index in [2.05, 4.69) is 14.8 Å². The zero-order valence-electron chi connectivity index (χ0n) is 16.8. The van der Waals surface area contributed by atoms with Crippen LogP contribution >= 0.6 is 0 Å². The van der Waals surface area contributed by atoms with Gasteiger partial charge in [0.05, 0.1) is 10.6 Å². The number of sulfonamides is 1. The second-order valence-corrected chi connectivity index (χ2v) is 9.05. The second kappa shape index (κ2) is 8.00. The van der Waals surface area contributed by atoms with Crippen molar-refractivity contribution in [2.75, 3.05) is 11.4 Å². The SMILES string of the molecule is CC(=O)N1CCCc2cc(S(=O)(=O)NC(C)c3ccc(-n4cncn4)cc3)ccc21. The van der Waals surface area contributed by atoms with E-state index in [1.54, 1.807) is 41.0 Å². The molecule has 1 aromatic heterocycles. The molecule has 0 saturated carbocycles. The molecule has 1 N–H and O–H groups in total. The first-order chi connectivity index (χ1) is 14.3. The second-order valence-electron chi connectivity index (χ2n) is 7.34. The van der Waals surface area contributed by atoms with Gasteiger partial charge in [0, 0.05) is 25.2 Å². The van der Waals surface area contributed by atoms with Gasteiger partial charge in [0.2, 0.25) is 15.9 Å². The maximum Gasteiger partial charge on any atom is 0.241 e. The summed E-state index contributed by atoms with van der Waals surface area (Å²) >= 11 is 0. The first-order valence-corrected chi connectivity index (χ1v) is 11.2. The maximum absolute atomic E-state index is 13.0. The first kappa shape index (κ1) is 20.2. The molecule has 1 amide bonds. The van der Waals surface area contributed by atoms with Crippen LogP contribution in [0.5, 0.6) is 0 Å². The molecule has 4 rings (SSSR count). The number of aromatic nitrogens is 3. The van der Waals surface area contributed by atoms with Gasteiger partial charge in [-0.3, -0.25) is 4.79 Å². The molecule has 2 aromatic carbocycles. The lowest BCUT2D eigenvalue weighted by atomic mass is 10.0. The van der Waals surface area contributed by atoms with Crippen LogP contribution in [0, 0.1) is 0 Å². The number of nitrogens with zero attached hydrogens (tertiary/aromatic N) is 4. The first-order valence-electron chi connectivity index (χ1n) is 9.73. The van der Waals surface area contributed by atoms with Gasteiger partial charge in [0.25, 0.3) is 0 Å². The summed E-state index contributed by atoms with van der Waals surface area (Å²) in [4.78, 5) is 17.7. The summed E-state index contributed by atoms with van der Waals surface area (Å²) in [5.74, 6) is -0.0346. The molecule has 0 saturated heterocycles. The van der Waals surface area contributed by atoms with Crippen LogP contribution in [-0.2, 0) is 21.2 Å². The molecule has 0 bridgehead atoms. The minimum Gasteiger partial charge on any atom is -0.312 e. The standard InChI is InChI=1S/C21H23N5O3S/c1-15(17-5-7-19(8-6-17)26-14-22-13-23-26)24-30(28,29)20-9-10-21-18(12-20)4-3-11-25(21)16(2)27/h5-10,12-15,24H,3-4,11H2,1-2H3. The van der Waals surface area contributed by atoms with Gasteiger partial charge < -0.3 is 4.90 Å². The Labute approximate surface area is 175 Å². The Morgan fingerprint density at radius 1 is 1.17 bits per heavy atom. The summed E-state index contributed by atoms with van der Waals surface area (Å²) in [6.07, 6.45) is 4.63. The number of carbonyl (C=O) groups excluding carboxylic acids is 1. The molecule has 0 spiro atoms. The van der Waals surface area contributed by atoms with Crippen LogP contribution in [0.25, 0.3) is 5.69 Å². The summed E-state index contributed by atoms with van der Waals surface area (Å²) in [6, 6.07) is 12.0. The van der Waals surface area contributed by atoms with Gasteiger partial charge in [-0.2, -0.15) is 5.10 Å². The number of benzene rings is 2. The molecule has 2 heterocycles. The summed E-state index contributed by atoms with van der Waals surface area (Å²) in [5.41, 5.74) is 3.35. The number of nitrogens with one attached hydrogen (secondary N) is 1. The Bertz CT molecular complexity index is 1160. The highest BCUT2D eigenvalue weighted by Gasteiger charge is 2.24. The summed E-state index contributed by atoms with van der Waals surface area (Å²) in [5, 5.41) is 4.08. The fourth-order valence-electron chi connectivity index (χ4n) is 3.69. The Morgan fingerprint density at radius 2 is 1.93 bits per heavy atom. The highest BCUT2D eigenvalue weighted by Crippen LogP contribution is 2.30. The number of anilines is 1. The Morgan fingerprint density at radius 3 is 2.60 bits per heavy atom. The van der Waals surface area contributed by atoms with Crippen LogP contribution in [0.15, 0.2) is 60.0 Å². The van der Waals surface area contributed by atoms with Gasteiger partial charge in [-0.1, -0.05) is 12.1 Å². The van der Waals surface area contributed by atoms with Crippen molar-refractivity contribution in [3.05, 3.63) is 66.2 Å². The van der Waals surface area contributed by atoms with Crippen LogP contribution in [0.3, 0.4) is 0 Å². The molecule has 3 aromatic rings. The molecular formula is C21H23N5O3S. The third-order valence-electron chi connectivity index (χ3n) is 5.27. The fourth-order valence-corrected chi connectivity index (χ4v) is 4.98. The molecule has 1 unspecified atom stereocenters. The molecule has 1 aliphatic heterocycles. The third-order valence-corrected chi connectivity index (χ3v) is 6.81. The monoisotopic (exact) mass is 425 g/mol. The number of hydrogen-bond donors (Lipinski definition) is 1. The summed E-state index contributed by atoms with van der Waals surface area (Å²) in [6.45, 7) is 3.99. The minimum atomic E-state index is -3.71. The van der Waals surface area contributed by atoms with Crippen molar-refractivity contribution in [2.24, 2.45) is 0 Å². The molecule has 1 aliphatic rings. The number of amides is 1. The molecule has 9 heteroatoms. The largest absolute Gasteiger partial charge is 0.312 e. The van der Waals surface area contributed by atoms with Crippen molar-refractivity contribution in [3.63, 3.8) is 0 Å². The lowest BCUT2D eigenvalue weighted by molar-refractivity contribution is -0.116. The Kier molecular flexibility index (Phi) is 5.40. The van der Waals surface area contributed by atoms with E-state index in [9.17, 15) is 13.2 Å². The van der Waals surface area contributed by atoms with Gasteiger partial charge in [0.15, 0.2) is 0 Å². The normalized spacial score (nSPS) is 14.9. The van der Waals surface area contributed by atoms with Crippen LogP contribution in [0.1, 0.15) is 37.4 Å². The molecule has 156 valence electrons. The molecule has 0 fully saturated rings. The van der Waals surface area contributed by atoms with Crippen molar-refractivity contribution in [1.29, 1.82) is 0 Å². The van der Waals surface area contributed by atoms with E-state index in [0.29, 0.717) is 6.54 Å². The Balaban J connectivity index is 1.53. The topological polar surface area (TPSA) is 97.2 Å². The zero-order chi connectivity index (χ0) is 21.3. The van der Waals surface area contributed by atoms with E-state index in [-0.39, 0.29) is 10.8 Å². The third kappa shape index (κ3) is 3.99. The number of hydrogen-bond acceptors (Lipinski definition) is 5. The van der Waals surface area contributed by atoms with E-state index in [0.717, 1.165) is 35.3 Å². The van der Waals surface area contributed by atoms with Gasteiger partial charge >= 0.3 is 0 Å². The Hall–Kier alpha value is -3.04. The molecule has 30 heavy (non-hydrogen) atoms. The lowest BCUT2D eigenvalue weighted by Gasteiger charge is -2.29. The fraction of sp³-hybridized carbons (Fsp3) is 0.286. The van der Waals surface area contributed by atoms with Gasteiger partial charge in [-0.15, -0.1) is 0 Å². The number of carbonyl (C=O) groups is 1. The summed E-state index contributed by atoms with van der Waals surface area (Å²) in [7, 11) is -3.71. The van der Waals surface area contributed by atoms with E-state index < -0.39 is 16.1 Å². The van der Waals surface area contributed by atoms with Crippen LogP contribution in [-0.4, -0.2) is 35.6 Å². The van der Waals surface area contributed by atoms with E-state index in [1.807, 2.05) is 24.3 Å². The van der Waals surface area contributed by atoms with Gasteiger partial charge in [-0.25, -0.2) is 22.8 Å². The van der Waals surface area contributed by atoms with Crippen LogP contribution < -0.4 is 9.62 Å². The maximum atomic E-state index is 13.0. The molecule has 0 radical (unpaired) electrons. The predicted molar refractivity (Wildman–Crippen MR) is 113 cm³/mol.